The molecular weight excluding hydrogens is 242 g/mol. The van der Waals surface area contributed by atoms with Crippen LogP contribution in [0.3, 0.4) is 0 Å². The Morgan fingerprint density at radius 2 is 2.18 bits per heavy atom. The predicted octanol–water partition coefficient (Wildman–Crippen LogP) is 0.609. The van der Waals surface area contributed by atoms with Crippen LogP contribution < -0.4 is 0 Å². The molecule has 7 heteroatoms. The van der Waals surface area contributed by atoms with Gasteiger partial charge in [0, 0.05) is 11.8 Å². The van der Waals surface area contributed by atoms with Gasteiger partial charge in [0.15, 0.2) is 9.84 Å². The average Bonchev–Trinajstić information content (AvgIpc) is 2.49. The van der Waals surface area contributed by atoms with E-state index in [4.69, 9.17) is 5.26 Å². The number of hydrogen-bond donors (Lipinski definition) is 1. The van der Waals surface area contributed by atoms with Crippen molar-refractivity contribution in [2.75, 3.05) is 6.26 Å². The lowest BCUT2D eigenvalue weighted by Gasteiger charge is -1.98. The van der Waals surface area contributed by atoms with E-state index in [9.17, 15) is 13.5 Å². The second kappa shape index (κ2) is 5.19. The maximum Gasteiger partial charge on any atom is 0.212 e. The summed E-state index contributed by atoms with van der Waals surface area (Å²) in [6.07, 6.45) is 1.84. The molecule has 1 N–H and O–H groups in total. The van der Waals surface area contributed by atoms with Crippen molar-refractivity contribution in [2.45, 2.75) is 32.1 Å². The van der Waals surface area contributed by atoms with Crippen LogP contribution in [0.25, 0.3) is 0 Å². The van der Waals surface area contributed by atoms with Gasteiger partial charge in [-0.25, -0.2) is 13.1 Å². The van der Waals surface area contributed by atoms with Gasteiger partial charge in [-0.1, -0.05) is 6.92 Å². The van der Waals surface area contributed by atoms with Crippen LogP contribution in [0.4, 0.5) is 0 Å². The first-order valence-electron chi connectivity index (χ1n) is 5.21. The van der Waals surface area contributed by atoms with Gasteiger partial charge in [-0.05, 0) is 6.42 Å². The van der Waals surface area contributed by atoms with Crippen molar-refractivity contribution in [1.29, 1.82) is 5.26 Å². The van der Waals surface area contributed by atoms with Crippen molar-refractivity contribution in [2.24, 2.45) is 0 Å². The molecule has 0 aromatic carbocycles. The van der Waals surface area contributed by atoms with E-state index in [1.165, 1.54) is 4.68 Å². The molecule has 0 saturated carbocycles. The first-order chi connectivity index (χ1) is 7.89. The standard InChI is InChI=1S/C10H15N3O3S/c1-3-8-9(7-17(2,15)16)12-13(10(8)14)6-4-5-11/h14H,3-4,6-7H2,1-2H3. The number of aryl methyl sites for hydroxylation is 1. The molecule has 0 atom stereocenters. The lowest BCUT2D eigenvalue weighted by Crippen LogP contribution is -2.04. The summed E-state index contributed by atoms with van der Waals surface area (Å²) in [6, 6.07) is 1.95. The Morgan fingerprint density at radius 3 is 2.65 bits per heavy atom. The van der Waals surface area contributed by atoms with E-state index in [-0.39, 0.29) is 24.6 Å². The van der Waals surface area contributed by atoms with Crippen LogP contribution in [-0.2, 0) is 28.6 Å². The highest BCUT2D eigenvalue weighted by molar-refractivity contribution is 7.89. The van der Waals surface area contributed by atoms with Crippen LogP contribution >= 0.6 is 0 Å². The van der Waals surface area contributed by atoms with Gasteiger partial charge in [0.1, 0.15) is 0 Å². The first kappa shape index (κ1) is 13.5. The molecule has 0 aliphatic carbocycles. The Morgan fingerprint density at radius 1 is 1.53 bits per heavy atom. The fourth-order valence-electron chi connectivity index (χ4n) is 1.58. The SMILES string of the molecule is CCc1c(CS(C)(=O)=O)nn(CCC#N)c1O. The van der Waals surface area contributed by atoms with Crippen molar-refractivity contribution in [3.05, 3.63) is 11.3 Å². The second-order valence-electron chi connectivity index (χ2n) is 3.80. The molecule has 1 heterocycles. The molecule has 0 fully saturated rings. The molecule has 0 bridgehead atoms. The third kappa shape index (κ3) is 3.46. The maximum absolute atomic E-state index is 11.2. The summed E-state index contributed by atoms with van der Waals surface area (Å²) in [6.45, 7) is 2.08. The van der Waals surface area contributed by atoms with Crippen molar-refractivity contribution >= 4 is 9.84 Å². The van der Waals surface area contributed by atoms with E-state index < -0.39 is 9.84 Å². The Balaban J connectivity index is 3.10. The summed E-state index contributed by atoms with van der Waals surface area (Å²) in [5, 5.41) is 22.3. The summed E-state index contributed by atoms with van der Waals surface area (Å²) in [4.78, 5) is 0. The summed E-state index contributed by atoms with van der Waals surface area (Å²) in [5.41, 5.74) is 0.902. The van der Waals surface area contributed by atoms with E-state index >= 15 is 0 Å². The highest BCUT2D eigenvalue weighted by atomic mass is 32.2. The quantitative estimate of drug-likeness (QED) is 0.833. The third-order valence-corrected chi connectivity index (χ3v) is 3.09. The second-order valence-corrected chi connectivity index (χ2v) is 5.94. The largest absolute Gasteiger partial charge is 0.493 e. The minimum absolute atomic E-state index is 0.0404. The van der Waals surface area contributed by atoms with E-state index in [1.807, 2.05) is 13.0 Å². The lowest BCUT2D eigenvalue weighted by atomic mass is 10.2. The number of sulfone groups is 1. The minimum Gasteiger partial charge on any atom is -0.493 e. The van der Waals surface area contributed by atoms with Crippen LogP contribution in [0, 0.1) is 11.3 Å². The van der Waals surface area contributed by atoms with E-state index in [0.29, 0.717) is 17.7 Å². The number of aromatic hydroxyl groups is 1. The molecule has 0 spiro atoms. The molecule has 17 heavy (non-hydrogen) atoms. The number of nitrogens with zero attached hydrogens (tertiary/aromatic N) is 3. The van der Waals surface area contributed by atoms with Crippen LogP contribution in [0.1, 0.15) is 24.6 Å². The summed E-state index contributed by atoms with van der Waals surface area (Å²) in [5.74, 6) is -0.232. The van der Waals surface area contributed by atoms with Crippen LogP contribution in [0.2, 0.25) is 0 Å². The van der Waals surface area contributed by atoms with E-state index in [1.54, 1.807) is 0 Å². The first-order valence-corrected chi connectivity index (χ1v) is 7.27. The molecule has 0 amide bonds. The summed E-state index contributed by atoms with van der Waals surface area (Å²) < 4.78 is 23.7. The van der Waals surface area contributed by atoms with E-state index in [0.717, 1.165) is 6.26 Å². The van der Waals surface area contributed by atoms with Gasteiger partial charge in [0.25, 0.3) is 0 Å². The maximum atomic E-state index is 11.2. The summed E-state index contributed by atoms with van der Waals surface area (Å²) in [7, 11) is -3.19. The van der Waals surface area contributed by atoms with Crippen molar-refractivity contribution in [3.63, 3.8) is 0 Å². The van der Waals surface area contributed by atoms with Gasteiger partial charge in [0.05, 0.1) is 30.5 Å². The predicted molar refractivity (Wildman–Crippen MR) is 62.0 cm³/mol. The molecule has 1 rings (SSSR count). The van der Waals surface area contributed by atoms with Gasteiger partial charge in [-0.2, -0.15) is 10.4 Å². The third-order valence-electron chi connectivity index (χ3n) is 2.29. The Labute approximate surface area is 100 Å². The van der Waals surface area contributed by atoms with Crippen LogP contribution in [0.5, 0.6) is 5.88 Å². The van der Waals surface area contributed by atoms with Gasteiger partial charge in [-0.15, -0.1) is 0 Å². The summed E-state index contributed by atoms with van der Waals surface area (Å²) >= 11 is 0. The van der Waals surface area contributed by atoms with Gasteiger partial charge >= 0.3 is 0 Å². The molecule has 1 aromatic rings. The highest BCUT2D eigenvalue weighted by Crippen LogP contribution is 2.23. The van der Waals surface area contributed by atoms with Crippen molar-refractivity contribution in [3.8, 4) is 11.9 Å². The molecule has 0 unspecified atom stereocenters. The average molecular weight is 257 g/mol. The minimum atomic E-state index is -3.19. The highest BCUT2D eigenvalue weighted by Gasteiger charge is 2.18. The van der Waals surface area contributed by atoms with Crippen molar-refractivity contribution < 1.29 is 13.5 Å². The molecule has 0 radical (unpaired) electrons. The topological polar surface area (TPSA) is 96.0 Å². The molecule has 1 aromatic heterocycles. The molecule has 6 nitrogen and oxygen atoms in total. The van der Waals surface area contributed by atoms with Crippen LogP contribution in [-0.4, -0.2) is 29.6 Å². The monoisotopic (exact) mass is 257 g/mol. The van der Waals surface area contributed by atoms with Crippen LogP contribution in [0.15, 0.2) is 0 Å². The molecule has 0 aliphatic rings. The smallest absolute Gasteiger partial charge is 0.212 e. The Bertz CT molecular complexity index is 540. The Kier molecular flexibility index (Phi) is 4.12. The van der Waals surface area contributed by atoms with Gasteiger partial charge in [-0.3, -0.25) is 0 Å². The Hall–Kier alpha value is -1.55. The zero-order valence-electron chi connectivity index (χ0n) is 9.84. The number of nitriles is 1. The number of hydrogen-bond acceptors (Lipinski definition) is 5. The molecule has 0 aliphatic heterocycles. The fraction of sp³-hybridized carbons (Fsp3) is 0.600. The van der Waals surface area contributed by atoms with Crippen molar-refractivity contribution in [1.82, 2.24) is 9.78 Å². The molecular formula is C10H15N3O3S. The molecule has 94 valence electrons. The lowest BCUT2D eigenvalue weighted by molar-refractivity contribution is 0.396. The fourth-order valence-corrected chi connectivity index (χ4v) is 2.31. The molecule has 0 saturated heterocycles. The number of aromatic nitrogens is 2. The number of rotatable bonds is 5. The zero-order chi connectivity index (χ0) is 13.1. The zero-order valence-corrected chi connectivity index (χ0v) is 10.7. The van der Waals surface area contributed by atoms with Gasteiger partial charge in [0.2, 0.25) is 5.88 Å². The van der Waals surface area contributed by atoms with Gasteiger partial charge < -0.3 is 5.11 Å². The van der Waals surface area contributed by atoms with E-state index in [2.05, 4.69) is 5.10 Å². The normalized spacial score (nSPS) is 11.4.